The zero-order valence-corrected chi connectivity index (χ0v) is 15.7. The molecule has 1 amide bonds. The third-order valence-corrected chi connectivity index (χ3v) is 4.92. The zero-order chi connectivity index (χ0) is 20.2. The molecule has 1 saturated heterocycles. The number of aromatic nitrogens is 1. The second-order valence-electron chi connectivity index (χ2n) is 7.18. The van der Waals surface area contributed by atoms with Crippen molar-refractivity contribution in [2.75, 3.05) is 37.6 Å². The summed E-state index contributed by atoms with van der Waals surface area (Å²) in [5.41, 5.74) is -1.68. The van der Waals surface area contributed by atoms with Gasteiger partial charge in [0, 0.05) is 32.4 Å². The first-order chi connectivity index (χ1) is 12.5. The van der Waals surface area contributed by atoms with E-state index in [0.29, 0.717) is 32.0 Å². The van der Waals surface area contributed by atoms with Gasteiger partial charge in [-0.3, -0.25) is 9.69 Å². The summed E-state index contributed by atoms with van der Waals surface area (Å²) in [5.74, 6) is 0.256. The van der Waals surface area contributed by atoms with Gasteiger partial charge >= 0.3 is 6.18 Å². The minimum Gasteiger partial charge on any atom is -0.354 e. The molecule has 9 heteroatoms. The van der Waals surface area contributed by atoms with E-state index in [4.69, 9.17) is 0 Å². The Balaban J connectivity index is 1.87. The Labute approximate surface area is 157 Å². The van der Waals surface area contributed by atoms with Crippen molar-refractivity contribution in [2.45, 2.75) is 32.5 Å². The first-order valence-electron chi connectivity index (χ1n) is 8.78. The fourth-order valence-electron chi connectivity index (χ4n) is 2.71. The van der Waals surface area contributed by atoms with Crippen molar-refractivity contribution >= 4 is 11.7 Å². The Morgan fingerprint density at radius 2 is 1.93 bits per heavy atom. The average Bonchev–Trinajstić information content (AvgIpc) is 2.61. The lowest BCUT2D eigenvalue weighted by Gasteiger charge is -2.36. The Morgan fingerprint density at radius 3 is 2.37 bits per heavy atom. The molecule has 2 heterocycles. The Hall–Kier alpha value is -2.34. The summed E-state index contributed by atoms with van der Waals surface area (Å²) < 4.78 is 37.8. The van der Waals surface area contributed by atoms with E-state index in [-0.39, 0.29) is 18.4 Å². The highest BCUT2D eigenvalue weighted by Gasteiger charge is 2.32. The number of nitriles is 1. The highest BCUT2D eigenvalue weighted by atomic mass is 19.4. The SMILES string of the molecule is CC(C)[C@](C)(C#N)NC(=O)CN1CCN(c2ccc(C(F)(F)F)cn2)CC1. The van der Waals surface area contributed by atoms with Crippen LogP contribution in [0.5, 0.6) is 0 Å². The van der Waals surface area contributed by atoms with Crippen LogP contribution in [0.3, 0.4) is 0 Å². The van der Waals surface area contributed by atoms with E-state index in [1.807, 2.05) is 23.6 Å². The van der Waals surface area contributed by atoms with Gasteiger partial charge in [0.2, 0.25) is 5.91 Å². The molecule has 2 rings (SSSR count). The summed E-state index contributed by atoms with van der Waals surface area (Å²) in [6.07, 6.45) is -3.56. The van der Waals surface area contributed by atoms with Gasteiger partial charge in [-0.1, -0.05) is 13.8 Å². The topological polar surface area (TPSA) is 72.3 Å². The number of amides is 1. The molecule has 0 spiro atoms. The molecule has 1 aliphatic heterocycles. The standard InChI is InChI=1S/C18H24F3N5O/c1-13(2)17(3,12-22)24-16(27)11-25-6-8-26(9-7-25)15-5-4-14(10-23-15)18(19,20)21/h4-5,10,13H,6-9,11H2,1-3H3,(H,24,27)/t17-/m0/s1. The summed E-state index contributed by atoms with van der Waals surface area (Å²) >= 11 is 0. The minimum atomic E-state index is -4.40. The maximum Gasteiger partial charge on any atom is 0.417 e. The van der Waals surface area contributed by atoms with Crippen LogP contribution >= 0.6 is 0 Å². The number of nitrogens with zero attached hydrogens (tertiary/aromatic N) is 4. The van der Waals surface area contributed by atoms with Gasteiger partial charge in [0.15, 0.2) is 0 Å². The highest BCUT2D eigenvalue weighted by molar-refractivity contribution is 5.79. The normalized spacial score (nSPS) is 18.1. The third kappa shape index (κ3) is 5.32. The van der Waals surface area contributed by atoms with Gasteiger partial charge in [0.1, 0.15) is 11.4 Å². The molecule has 0 aliphatic carbocycles. The summed E-state index contributed by atoms with van der Waals surface area (Å²) in [4.78, 5) is 20.0. The molecule has 27 heavy (non-hydrogen) atoms. The maximum absolute atomic E-state index is 12.6. The quantitative estimate of drug-likeness (QED) is 0.845. The van der Waals surface area contributed by atoms with Crippen LogP contribution in [-0.2, 0) is 11.0 Å². The largest absolute Gasteiger partial charge is 0.417 e. The van der Waals surface area contributed by atoms with Gasteiger partial charge in [-0.05, 0) is 25.0 Å². The smallest absolute Gasteiger partial charge is 0.354 e. The molecular formula is C18H24F3N5O. The predicted molar refractivity (Wildman–Crippen MR) is 94.9 cm³/mol. The van der Waals surface area contributed by atoms with Crippen molar-refractivity contribution in [3.05, 3.63) is 23.9 Å². The first kappa shape index (κ1) is 21.0. The second-order valence-corrected chi connectivity index (χ2v) is 7.18. The fraction of sp³-hybridized carbons (Fsp3) is 0.611. The minimum absolute atomic E-state index is 0.0194. The van der Waals surface area contributed by atoms with E-state index >= 15 is 0 Å². The molecule has 1 aromatic rings. The number of pyridine rings is 1. The average molecular weight is 383 g/mol. The van der Waals surface area contributed by atoms with Crippen molar-refractivity contribution in [3.63, 3.8) is 0 Å². The molecule has 0 bridgehead atoms. The van der Waals surface area contributed by atoms with Crippen LogP contribution in [0.1, 0.15) is 26.3 Å². The van der Waals surface area contributed by atoms with Crippen LogP contribution in [0.25, 0.3) is 0 Å². The van der Waals surface area contributed by atoms with E-state index in [0.717, 1.165) is 12.3 Å². The van der Waals surface area contributed by atoms with Crippen molar-refractivity contribution in [2.24, 2.45) is 5.92 Å². The first-order valence-corrected chi connectivity index (χ1v) is 8.78. The summed E-state index contributed by atoms with van der Waals surface area (Å²) in [7, 11) is 0. The monoisotopic (exact) mass is 383 g/mol. The van der Waals surface area contributed by atoms with E-state index in [1.165, 1.54) is 6.07 Å². The van der Waals surface area contributed by atoms with Gasteiger partial charge in [-0.15, -0.1) is 0 Å². The highest BCUT2D eigenvalue weighted by Crippen LogP contribution is 2.29. The van der Waals surface area contributed by atoms with Crippen LogP contribution in [0, 0.1) is 17.2 Å². The third-order valence-electron chi connectivity index (χ3n) is 4.92. The van der Waals surface area contributed by atoms with Gasteiger partial charge in [-0.2, -0.15) is 18.4 Å². The van der Waals surface area contributed by atoms with Gasteiger partial charge in [0.25, 0.3) is 0 Å². The number of halogens is 3. The lowest BCUT2D eigenvalue weighted by Crippen LogP contribution is -2.54. The van der Waals surface area contributed by atoms with Crippen LogP contribution in [0.15, 0.2) is 18.3 Å². The van der Waals surface area contributed by atoms with Crippen LogP contribution < -0.4 is 10.2 Å². The van der Waals surface area contributed by atoms with E-state index < -0.39 is 17.3 Å². The number of anilines is 1. The summed E-state index contributed by atoms with van der Waals surface area (Å²) in [6.45, 7) is 7.92. The number of alkyl halides is 3. The Kier molecular flexibility index (Phi) is 6.31. The number of carbonyl (C=O) groups excluding carboxylic acids is 1. The lowest BCUT2D eigenvalue weighted by atomic mass is 9.90. The molecule has 0 unspecified atom stereocenters. The maximum atomic E-state index is 12.6. The van der Waals surface area contributed by atoms with Crippen LogP contribution in [0.2, 0.25) is 0 Å². The molecule has 1 fully saturated rings. The van der Waals surface area contributed by atoms with Crippen LogP contribution in [0.4, 0.5) is 19.0 Å². The number of hydrogen-bond donors (Lipinski definition) is 1. The zero-order valence-electron chi connectivity index (χ0n) is 15.7. The summed E-state index contributed by atoms with van der Waals surface area (Å²) in [6, 6.07) is 4.53. The number of piperazine rings is 1. The van der Waals surface area contributed by atoms with Gasteiger partial charge in [-0.25, -0.2) is 4.98 Å². The molecule has 1 aromatic heterocycles. The lowest BCUT2D eigenvalue weighted by molar-refractivity contribution is -0.137. The van der Waals surface area contributed by atoms with Crippen molar-refractivity contribution in [1.29, 1.82) is 5.26 Å². The molecule has 0 saturated carbocycles. The number of rotatable bonds is 5. The molecule has 1 aliphatic rings. The van der Waals surface area contributed by atoms with E-state index in [2.05, 4.69) is 16.4 Å². The van der Waals surface area contributed by atoms with Gasteiger partial charge in [0.05, 0.1) is 18.2 Å². The molecule has 1 N–H and O–H groups in total. The van der Waals surface area contributed by atoms with Crippen molar-refractivity contribution < 1.29 is 18.0 Å². The molecule has 1 atom stereocenters. The van der Waals surface area contributed by atoms with E-state index in [1.54, 1.807) is 6.92 Å². The van der Waals surface area contributed by atoms with E-state index in [9.17, 15) is 23.2 Å². The fourth-order valence-corrected chi connectivity index (χ4v) is 2.71. The molecule has 148 valence electrons. The molecule has 6 nitrogen and oxygen atoms in total. The Bertz CT molecular complexity index is 690. The number of nitrogens with one attached hydrogen (secondary N) is 1. The summed E-state index contributed by atoms with van der Waals surface area (Å²) in [5, 5.41) is 12.1. The molecule has 0 radical (unpaired) electrons. The number of hydrogen-bond acceptors (Lipinski definition) is 5. The number of carbonyl (C=O) groups is 1. The van der Waals surface area contributed by atoms with Crippen molar-refractivity contribution in [1.82, 2.24) is 15.2 Å². The molecular weight excluding hydrogens is 359 g/mol. The predicted octanol–water partition coefficient (Wildman–Crippen LogP) is 2.28. The van der Waals surface area contributed by atoms with Gasteiger partial charge < -0.3 is 10.2 Å². The molecule has 0 aromatic carbocycles. The van der Waals surface area contributed by atoms with Crippen LogP contribution in [-0.4, -0.2) is 54.1 Å². The Morgan fingerprint density at radius 1 is 1.30 bits per heavy atom. The van der Waals surface area contributed by atoms with Crippen molar-refractivity contribution in [3.8, 4) is 6.07 Å². The second kappa shape index (κ2) is 8.13.